The summed E-state index contributed by atoms with van der Waals surface area (Å²) >= 11 is 3.60. The summed E-state index contributed by atoms with van der Waals surface area (Å²) in [5, 5.41) is 2.08. The molecule has 1 aromatic heterocycles. The molecule has 1 atom stereocenters. The zero-order valence-electron chi connectivity index (χ0n) is 12.7. The van der Waals surface area contributed by atoms with Crippen molar-refractivity contribution in [2.75, 3.05) is 37.7 Å². The highest BCUT2D eigenvalue weighted by Gasteiger charge is 2.29. The molecular formula is C16H24N2OS2. The van der Waals surface area contributed by atoms with Gasteiger partial charge in [-0.25, -0.2) is 0 Å². The van der Waals surface area contributed by atoms with Crippen molar-refractivity contribution in [3.63, 3.8) is 0 Å². The first-order valence-corrected chi connectivity index (χ1v) is 9.93. The second-order valence-corrected chi connectivity index (χ2v) is 8.14. The number of rotatable bonds is 3. The van der Waals surface area contributed by atoms with Gasteiger partial charge in [-0.3, -0.25) is 4.79 Å². The van der Waals surface area contributed by atoms with Crippen LogP contribution in [0.2, 0.25) is 0 Å². The Bertz CT molecular complexity index is 482. The number of hydrogen-bond acceptors (Lipinski definition) is 4. The van der Waals surface area contributed by atoms with Gasteiger partial charge in [-0.1, -0.05) is 0 Å². The van der Waals surface area contributed by atoms with Crippen LogP contribution in [0.15, 0.2) is 11.4 Å². The van der Waals surface area contributed by atoms with Crippen LogP contribution in [0.5, 0.6) is 0 Å². The number of nitrogens with zero attached hydrogens (tertiary/aromatic N) is 2. The predicted molar refractivity (Wildman–Crippen MR) is 91.5 cm³/mol. The number of amides is 1. The van der Waals surface area contributed by atoms with E-state index >= 15 is 0 Å². The molecule has 2 saturated heterocycles. The van der Waals surface area contributed by atoms with Crippen LogP contribution < -0.4 is 0 Å². The smallest absolute Gasteiger partial charge is 0.264 e. The van der Waals surface area contributed by atoms with E-state index in [2.05, 4.69) is 22.1 Å². The Morgan fingerprint density at radius 1 is 1.29 bits per heavy atom. The molecule has 3 rings (SSSR count). The van der Waals surface area contributed by atoms with Gasteiger partial charge in [0, 0.05) is 18.8 Å². The van der Waals surface area contributed by atoms with Gasteiger partial charge in [-0.05, 0) is 62.0 Å². The standard InChI is InChI=1S/C16H24N2OS2/c1-13-9-15(21-11-13)16(19)18-7-4-8-20-12-14(18)10-17-5-2-3-6-17/h9,11,14H,2-8,10,12H2,1H3. The highest BCUT2D eigenvalue weighted by Crippen LogP contribution is 2.23. The average Bonchev–Trinajstić information content (AvgIpc) is 3.07. The lowest BCUT2D eigenvalue weighted by molar-refractivity contribution is 0.0671. The van der Waals surface area contributed by atoms with E-state index in [9.17, 15) is 4.79 Å². The van der Waals surface area contributed by atoms with Crippen LogP contribution in [0.25, 0.3) is 0 Å². The molecule has 21 heavy (non-hydrogen) atoms. The molecule has 1 aromatic rings. The average molecular weight is 325 g/mol. The number of hydrogen-bond donors (Lipinski definition) is 0. The maximum atomic E-state index is 12.9. The molecule has 0 radical (unpaired) electrons. The lowest BCUT2D eigenvalue weighted by atomic mass is 10.2. The highest BCUT2D eigenvalue weighted by atomic mass is 32.2. The van der Waals surface area contributed by atoms with Gasteiger partial charge in [0.05, 0.1) is 10.9 Å². The quantitative estimate of drug-likeness (QED) is 0.853. The molecule has 1 unspecified atom stereocenters. The fraction of sp³-hybridized carbons (Fsp3) is 0.688. The van der Waals surface area contributed by atoms with Crippen molar-refractivity contribution in [3.8, 4) is 0 Å². The number of thioether (sulfide) groups is 1. The third-order valence-corrected chi connectivity index (χ3v) is 6.54. The third-order valence-electron chi connectivity index (χ3n) is 4.31. The summed E-state index contributed by atoms with van der Waals surface area (Å²) in [7, 11) is 0. The molecule has 3 heterocycles. The van der Waals surface area contributed by atoms with E-state index in [1.54, 1.807) is 11.3 Å². The van der Waals surface area contributed by atoms with Crippen molar-refractivity contribution < 1.29 is 4.79 Å². The molecule has 0 aromatic carbocycles. The maximum absolute atomic E-state index is 12.9. The van der Waals surface area contributed by atoms with Crippen LogP contribution in [0.4, 0.5) is 0 Å². The number of likely N-dealkylation sites (tertiary alicyclic amines) is 1. The van der Waals surface area contributed by atoms with Crippen LogP contribution in [0.3, 0.4) is 0 Å². The zero-order valence-corrected chi connectivity index (χ0v) is 14.3. The Kier molecular flexibility index (Phi) is 5.24. The molecule has 0 spiro atoms. The van der Waals surface area contributed by atoms with Crippen molar-refractivity contribution in [1.29, 1.82) is 0 Å². The van der Waals surface area contributed by atoms with Crippen LogP contribution in [0.1, 0.15) is 34.5 Å². The second-order valence-electron chi connectivity index (χ2n) is 6.08. The number of carbonyl (C=O) groups excluding carboxylic acids is 1. The largest absolute Gasteiger partial charge is 0.333 e. The normalized spacial score (nSPS) is 24.2. The van der Waals surface area contributed by atoms with Gasteiger partial charge in [0.15, 0.2) is 0 Å². The molecule has 3 nitrogen and oxygen atoms in total. The molecule has 0 saturated carbocycles. The molecule has 116 valence electrons. The lowest BCUT2D eigenvalue weighted by Gasteiger charge is -2.32. The monoisotopic (exact) mass is 324 g/mol. The van der Waals surface area contributed by atoms with Crippen LogP contribution in [-0.2, 0) is 0 Å². The molecule has 2 aliphatic heterocycles. The van der Waals surface area contributed by atoms with E-state index < -0.39 is 0 Å². The van der Waals surface area contributed by atoms with Crippen LogP contribution >= 0.6 is 23.1 Å². The van der Waals surface area contributed by atoms with Gasteiger partial charge in [0.1, 0.15) is 0 Å². The fourth-order valence-corrected chi connectivity index (χ4v) is 5.11. The van der Waals surface area contributed by atoms with E-state index in [0.717, 1.165) is 30.1 Å². The van der Waals surface area contributed by atoms with Crippen molar-refractivity contribution in [2.24, 2.45) is 0 Å². The van der Waals surface area contributed by atoms with Gasteiger partial charge in [-0.15, -0.1) is 11.3 Å². The van der Waals surface area contributed by atoms with Gasteiger partial charge in [0.2, 0.25) is 0 Å². The minimum atomic E-state index is 0.250. The minimum Gasteiger partial charge on any atom is -0.333 e. The van der Waals surface area contributed by atoms with Gasteiger partial charge in [0.25, 0.3) is 5.91 Å². The Hall–Kier alpha value is -0.520. The van der Waals surface area contributed by atoms with Gasteiger partial charge >= 0.3 is 0 Å². The first kappa shape index (κ1) is 15.4. The first-order valence-electron chi connectivity index (χ1n) is 7.90. The Labute approximate surface area is 135 Å². The van der Waals surface area contributed by atoms with E-state index in [0.29, 0.717) is 6.04 Å². The molecule has 0 aliphatic carbocycles. The second kappa shape index (κ2) is 7.16. The lowest BCUT2D eigenvalue weighted by Crippen LogP contribution is -2.47. The minimum absolute atomic E-state index is 0.250. The van der Waals surface area contributed by atoms with Crippen LogP contribution in [-0.4, -0.2) is 59.4 Å². The third kappa shape index (κ3) is 3.82. The molecule has 0 N–H and O–H groups in total. The summed E-state index contributed by atoms with van der Waals surface area (Å²) in [6.45, 7) is 6.46. The van der Waals surface area contributed by atoms with Crippen molar-refractivity contribution in [3.05, 3.63) is 21.9 Å². The van der Waals surface area contributed by atoms with Crippen molar-refractivity contribution >= 4 is 29.0 Å². The van der Waals surface area contributed by atoms with E-state index in [-0.39, 0.29) is 5.91 Å². The zero-order chi connectivity index (χ0) is 14.7. The summed E-state index contributed by atoms with van der Waals surface area (Å²) in [5.74, 6) is 2.52. The van der Waals surface area contributed by atoms with Crippen molar-refractivity contribution in [2.45, 2.75) is 32.2 Å². The maximum Gasteiger partial charge on any atom is 0.264 e. The molecule has 0 bridgehead atoms. The molecular weight excluding hydrogens is 300 g/mol. The summed E-state index contributed by atoms with van der Waals surface area (Å²) in [6, 6.07) is 2.42. The SMILES string of the molecule is Cc1csc(C(=O)N2CCCSCC2CN2CCCC2)c1. The van der Waals surface area contributed by atoms with Crippen LogP contribution in [0, 0.1) is 6.92 Å². The number of thiophene rings is 1. The summed E-state index contributed by atoms with van der Waals surface area (Å²) in [4.78, 5) is 18.5. The van der Waals surface area contributed by atoms with E-state index in [1.807, 2.05) is 17.8 Å². The number of aryl methyl sites for hydroxylation is 1. The van der Waals surface area contributed by atoms with E-state index in [4.69, 9.17) is 0 Å². The Morgan fingerprint density at radius 2 is 2.10 bits per heavy atom. The van der Waals surface area contributed by atoms with Gasteiger partial charge < -0.3 is 9.80 Å². The van der Waals surface area contributed by atoms with Gasteiger partial charge in [-0.2, -0.15) is 11.8 Å². The summed E-state index contributed by atoms with van der Waals surface area (Å²) < 4.78 is 0. The summed E-state index contributed by atoms with van der Waals surface area (Å²) in [6.07, 6.45) is 3.76. The fourth-order valence-electron chi connectivity index (χ4n) is 3.20. The van der Waals surface area contributed by atoms with E-state index in [1.165, 1.54) is 37.2 Å². The first-order chi connectivity index (χ1) is 10.2. The molecule has 2 fully saturated rings. The molecule has 1 amide bonds. The predicted octanol–water partition coefficient (Wildman–Crippen LogP) is 3.10. The molecule has 2 aliphatic rings. The Morgan fingerprint density at radius 3 is 2.81 bits per heavy atom. The number of carbonyl (C=O) groups is 1. The topological polar surface area (TPSA) is 23.6 Å². The molecule has 5 heteroatoms. The highest BCUT2D eigenvalue weighted by molar-refractivity contribution is 7.99. The summed E-state index contributed by atoms with van der Waals surface area (Å²) in [5.41, 5.74) is 1.20. The Balaban J connectivity index is 1.72. The van der Waals surface area contributed by atoms with Crippen molar-refractivity contribution in [1.82, 2.24) is 9.80 Å².